The van der Waals surface area contributed by atoms with Gasteiger partial charge in [-0.3, -0.25) is 14.6 Å². The zero-order valence-corrected chi connectivity index (χ0v) is 13.8. The molecule has 0 bridgehead atoms. The topological polar surface area (TPSA) is 96.2 Å². The summed E-state index contributed by atoms with van der Waals surface area (Å²) in [4.78, 5) is 29.3. The van der Waals surface area contributed by atoms with E-state index in [1.807, 2.05) is 6.92 Å². The minimum absolute atomic E-state index is 0.183. The molecule has 1 aliphatic heterocycles. The van der Waals surface area contributed by atoms with E-state index in [9.17, 15) is 19.8 Å². The van der Waals surface area contributed by atoms with E-state index in [4.69, 9.17) is 4.74 Å². The smallest absolute Gasteiger partial charge is 0.318 e. The van der Waals surface area contributed by atoms with Gasteiger partial charge >= 0.3 is 5.97 Å². The lowest BCUT2D eigenvalue weighted by molar-refractivity contribution is -0.165. The molecule has 2 aliphatic rings. The molecule has 1 aromatic carbocycles. The first kappa shape index (κ1) is 16.8. The first-order chi connectivity index (χ1) is 11.4. The molecule has 0 saturated heterocycles. The third-order valence-corrected chi connectivity index (χ3v) is 4.83. The van der Waals surface area contributed by atoms with E-state index >= 15 is 0 Å². The maximum Gasteiger partial charge on any atom is 0.318 e. The second-order valence-corrected chi connectivity index (χ2v) is 6.37. The van der Waals surface area contributed by atoms with Crippen LogP contribution >= 0.6 is 0 Å². The Balaban J connectivity index is 1.94. The Morgan fingerprint density at radius 1 is 1.29 bits per heavy atom. The third-order valence-electron chi connectivity index (χ3n) is 4.83. The quantitative estimate of drug-likeness (QED) is 0.631. The molecule has 1 aliphatic carbocycles. The Kier molecular flexibility index (Phi) is 4.05. The molecule has 0 amide bonds. The Labute approximate surface area is 140 Å². The maximum atomic E-state index is 12.8. The maximum absolute atomic E-state index is 12.8. The predicted octanol–water partition coefficient (Wildman–Crippen LogP) is 1.58. The highest BCUT2D eigenvalue weighted by atomic mass is 16.5. The number of ether oxygens (including phenoxy) is 1. The summed E-state index contributed by atoms with van der Waals surface area (Å²) in [5.41, 5.74) is -3.88. The van der Waals surface area contributed by atoms with Gasteiger partial charge in [-0.15, -0.1) is 0 Å². The van der Waals surface area contributed by atoms with Gasteiger partial charge in [0.2, 0.25) is 11.5 Å². The Morgan fingerprint density at radius 3 is 2.71 bits per heavy atom. The summed E-state index contributed by atoms with van der Waals surface area (Å²) in [7, 11) is 0. The van der Waals surface area contributed by atoms with Crippen LogP contribution in [0.15, 0.2) is 29.3 Å². The lowest BCUT2D eigenvalue weighted by Gasteiger charge is -2.31. The van der Waals surface area contributed by atoms with Crippen molar-refractivity contribution in [3.8, 4) is 0 Å². The molecule has 0 saturated carbocycles. The van der Waals surface area contributed by atoms with Crippen LogP contribution in [0.1, 0.15) is 49.0 Å². The zero-order chi connectivity index (χ0) is 17.5. The van der Waals surface area contributed by atoms with Crippen molar-refractivity contribution < 1.29 is 24.5 Å². The highest BCUT2D eigenvalue weighted by Crippen LogP contribution is 2.53. The van der Waals surface area contributed by atoms with Crippen LogP contribution in [0.25, 0.3) is 0 Å². The fraction of sp³-hybridized carbons (Fsp3) is 0.500. The van der Waals surface area contributed by atoms with E-state index in [2.05, 4.69) is 4.99 Å². The first-order valence-corrected chi connectivity index (χ1v) is 8.20. The molecule has 3 rings (SSSR count). The summed E-state index contributed by atoms with van der Waals surface area (Å²) in [5, 5.41) is 22.0. The van der Waals surface area contributed by atoms with Gasteiger partial charge in [0.15, 0.2) is 5.60 Å². The van der Waals surface area contributed by atoms with E-state index in [0.717, 1.165) is 12.8 Å². The number of benzene rings is 1. The van der Waals surface area contributed by atoms with Gasteiger partial charge in [-0.2, -0.15) is 0 Å². The van der Waals surface area contributed by atoms with Crippen molar-refractivity contribution in [1.29, 1.82) is 0 Å². The van der Waals surface area contributed by atoms with Crippen LogP contribution in [0, 0.1) is 5.92 Å². The molecular formula is C18H21NO5. The van der Waals surface area contributed by atoms with Gasteiger partial charge in [-0.05, 0) is 13.3 Å². The summed E-state index contributed by atoms with van der Waals surface area (Å²) in [5.74, 6) is -2.73. The van der Waals surface area contributed by atoms with E-state index in [1.54, 1.807) is 12.1 Å². The molecule has 0 aromatic heterocycles. The molecule has 24 heavy (non-hydrogen) atoms. The number of hydrogen-bond donors (Lipinski definition) is 2. The highest BCUT2D eigenvalue weighted by molar-refractivity contribution is 6.18. The molecule has 2 N–H and O–H groups in total. The molecule has 0 fully saturated rings. The Morgan fingerprint density at radius 2 is 2.00 bits per heavy atom. The van der Waals surface area contributed by atoms with Gasteiger partial charge in [-0.25, -0.2) is 0 Å². The number of ketones is 1. The number of carbonyl (C=O) groups excluding carboxylic acids is 2. The van der Waals surface area contributed by atoms with Crippen LogP contribution in [0.4, 0.5) is 0 Å². The molecule has 6 heteroatoms. The normalized spacial score (nSPS) is 30.8. The number of fused-ring (bicyclic) bond motifs is 3. The Bertz CT molecular complexity index is 728. The van der Waals surface area contributed by atoms with Crippen LogP contribution < -0.4 is 0 Å². The highest BCUT2D eigenvalue weighted by Gasteiger charge is 2.72. The average molecular weight is 331 g/mol. The van der Waals surface area contributed by atoms with Crippen molar-refractivity contribution in [1.82, 2.24) is 0 Å². The largest absolute Gasteiger partial charge is 0.465 e. The van der Waals surface area contributed by atoms with E-state index < -0.39 is 29.0 Å². The summed E-state index contributed by atoms with van der Waals surface area (Å²) < 4.78 is 5.22. The fourth-order valence-electron chi connectivity index (χ4n) is 3.60. The van der Waals surface area contributed by atoms with Crippen LogP contribution in [0.5, 0.6) is 0 Å². The number of hydrogen-bond acceptors (Lipinski definition) is 6. The number of aliphatic hydroxyl groups is 2. The van der Waals surface area contributed by atoms with Gasteiger partial charge in [0.1, 0.15) is 5.92 Å². The number of esters is 1. The molecule has 0 spiro atoms. The number of nitrogens with zero attached hydrogens (tertiary/aromatic N) is 1. The number of aliphatic imine (C=N–C) groups is 1. The van der Waals surface area contributed by atoms with E-state index in [-0.39, 0.29) is 23.4 Å². The molecule has 0 radical (unpaired) electrons. The van der Waals surface area contributed by atoms with Crippen LogP contribution in [0.3, 0.4) is 0 Å². The number of rotatable bonds is 5. The van der Waals surface area contributed by atoms with Crippen molar-refractivity contribution in [2.24, 2.45) is 10.9 Å². The van der Waals surface area contributed by atoms with Crippen molar-refractivity contribution in [2.45, 2.75) is 44.4 Å². The number of unbranched alkanes of at least 4 members (excludes halogenated alkanes) is 2. The molecule has 6 nitrogen and oxygen atoms in total. The monoisotopic (exact) mass is 331 g/mol. The molecule has 128 valence electrons. The first-order valence-electron chi connectivity index (χ1n) is 8.20. The van der Waals surface area contributed by atoms with Crippen molar-refractivity contribution in [2.75, 3.05) is 6.61 Å². The van der Waals surface area contributed by atoms with Crippen molar-refractivity contribution in [3.05, 3.63) is 35.4 Å². The van der Waals surface area contributed by atoms with Gasteiger partial charge in [-0.1, -0.05) is 44.0 Å². The van der Waals surface area contributed by atoms with Crippen LogP contribution in [0.2, 0.25) is 0 Å². The van der Waals surface area contributed by atoms with Crippen LogP contribution in [-0.2, 0) is 15.3 Å². The minimum atomic E-state index is -2.34. The van der Waals surface area contributed by atoms with Gasteiger partial charge in [0.25, 0.3) is 0 Å². The number of carbonyl (C=O) groups is 2. The lowest BCUT2D eigenvalue weighted by Crippen LogP contribution is -2.56. The summed E-state index contributed by atoms with van der Waals surface area (Å²) in [6, 6.07) is 6.34. The van der Waals surface area contributed by atoms with E-state index in [0.29, 0.717) is 6.42 Å². The second kappa shape index (κ2) is 5.79. The van der Waals surface area contributed by atoms with Crippen LogP contribution in [-0.4, -0.2) is 39.9 Å². The molecular weight excluding hydrogens is 310 g/mol. The third kappa shape index (κ3) is 2.06. The predicted molar refractivity (Wildman–Crippen MR) is 86.7 cm³/mol. The minimum Gasteiger partial charge on any atom is -0.465 e. The summed E-state index contributed by atoms with van der Waals surface area (Å²) >= 11 is 0. The molecule has 1 aromatic rings. The number of Topliss-reactive ketones (excluding diaryl/α,β-unsaturated/α-hetero) is 1. The van der Waals surface area contributed by atoms with Crippen molar-refractivity contribution >= 4 is 17.5 Å². The molecule has 3 atom stereocenters. The summed E-state index contributed by atoms with van der Waals surface area (Å²) in [6.45, 7) is 3.76. The SMILES string of the molecule is CCCCCOC(=O)[C@H]1C(C)=N[C@@]2(O)c3ccccc3C(=O)[C@]12O. The van der Waals surface area contributed by atoms with E-state index in [1.165, 1.54) is 19.1 Å². The molecule has 0 unspecified atom stereocenters. The summed E-state index contributed by atoms with van der Waals surface area (Å²) in [6.07, 6.45) is 2.62. The standard InChI is InChI=1S/C18H21NO5/c1-3-4-7-10-24-16(21)14-11(2)19-18(23)13-9-6-5-8-12(13)15(20)17(14,18)22/h5-6,8-9,14,22-23H,3-4,7,10H2,1-2H3/t14-,17-,18-/m1/s1. The zero-order valence-electron chi connectivity index (χ0n) is 13.8. The van der Waals surface area contributed by atoms with Gasteiger partial charge < -0.3 is 14.9 Å². The van der Waals surface area contributed by atoms with Gasteiger partial charge in [0.05, 0.1) is 6.61 Å². The molecule has 1 heterocycles. The lowest BCUT2D eigenvalue weighted by atomic mass is 9.79. The Hall–Kier alpha value is -2.05. The fourth-order valence-corrected chi connectivity index (χ4v) is 3.60. The average Bonchev–Trinajstić information content (AvgIpc) is 2.87. The van der Waals surface area contributed by atoms with Crippen molar-refractivity contribution in [3.63, 3.8) is 0 Å². The second-order valence-electron chi connectivity index (χ2n) is 6.37. The van der Waals surface area contributed by atoms with Gasteiger partial charge in [0, 0.05) is 16.8 Å².